The fourth-order valence-electron chi connectivity index (χ4n) is 2.31. The Morgan fingerprint density at radius 3 is 2.41 bits per heavy atom. The first kappa shape index (κ1) is 14.0. The van der Waals surface area contributed by atoms with Gasteiger partial charge in [0.15, 0.2) is 5.69 Å². The predicted octanol–water partition coefficient (Wildman–Crippen LogP) is 1.21. The summed E-state index contributed by atoms with van der Waals surface area (Å²) in [5.41, 5.74) is 2.24. The number of anilines is 1. The average Bonchev–Trinajstić information content (AvgIpc) is 2.93. The molecule has 1 N–H and O–H groups in total. The third kappa shape index (κ3) is 2.07. The van der Waals surface area contributed by atoms with Crippen molar-refractivity contribution >= 4 is 23.4 Å². The number of hydrogen-bond acceptors (Lipinski definition) is 4. The monoisotopic (exact) mass is 298 g/mol. The van der Waals surface area contributed by atoms with Gasteiger partial charge in [-0.1, -0.05) is 0 Å². The van der Waals surface area contributed by atoms with E-state index in [1.54, 1.807) is 29.9 Å². The molecule has 0 saturated carbocycles. The van der Waals surface area contributed by atoms with Crippen LogP contribution in [0.4, 0.5) is 5.69 Å². The number of benzene rings is 1. The smallest absolute Gasteiger partial charge is 0.276 e. The summed E-state index contributed by atoms with van der Waals surface area (Å²) in [4.78, 5) is 36.9. The van der Waals surface area contributed by atoms with Crippen LogP contribution in [0.3, 0.4) is 0 Å². The summed E-state index contributed by atoms with van der Waals surface area (Å²) in [6.45, 7) is 1.85. The van der Waals surface area contributed by atoms with Gasteiger partial charge < -0.3 is 5.32 Å². The van der Waals surface area contributed by atoms with Crippen LogP contribution in [0.2, 0.25) is 0 Å². The van der Waals surface area contributed by atoms with Crippen LogP contribution in [-0.2, 0) is 7.05 Å². The van der Waals surface area contributed by atoms with E-state index in [2.05, 4.69) is 10.4 Å². The first-order chi connectivity index (χ1) is 10.4. The zero-order valence-corrected chi connectivity index (χ0v) is 12.4. The molecule has 1 aromatic carbocycles. The molecule has 3 amide bonds. The number of amides is 3. The number of rotatable bonds is 2. The molecule has 0 aliphatic carbocycles. The number of hydrogen-bond donors (Lipinski definition) is 1. The number of fused-ring (bicyclic) bond motifs is 1. The van der Waals surface area contributed by atoms with E-state index in [0.29, 0.717) is 22.5 Å². The largest absolute Gasteiger partial charge is 0.321 e. The summed E-state index contributed by atoms with van der Waals surface area (Å²) in [7, 11) is 3.18. The molecule has 112 valence electrons. The molecule has 2 heterocycles. The number of carbonyl (C=O) groups excluding carboxylic acids is 3. The van der Waals surface area contributed by atoms with E-state index < -0.39 is 0 Å². The number of nitrogens with zero attached hydrogens (tertiary/aromatic N) is 3. The van der Waals surface area contributed by atoms with Crippen LogP contribution in [0.15, 0.2) is 24.3 Å². The quantitative estimate of drug-likeness (QED) is 0.844. The maximum absolute atomic E-state index is 12.1. The molecule has 0 unspecified atom stereocenters. The van der Waals surface area contributed by atoms with Crippen LogP contribution in [0.5, 0.6) is 0 Å². The van der Waals surface area contributed by atoms with Gasteiger partial charge in [-0.15, -0.1) is 0 Å². The zero-order chi connectivity index (χ0) is 16.0. The van der Waals surface area contributed by atoms with Crippen molar-refractivity contribution < 1.29 is 14.4 Å². The Morgan fingerprint density at radius 1 is 1.09 bits per heavy atom. The van der Waals surface area contributed by atoms with Gasteiger partial charge in [0, 0.05) is 25.5 Å². The minimum absolute atomic E-state index is 0.292. The van der Waals surface area contributed by atoms with Crippen LogP contribution in [0.1, 0.15) is 36.9 Å². The van der Waals surface area contributed by atoms with E-state index in [-0.39, 0.29) is 17.7 Å². The lowest BCUT2D eigenvalue weighted by Crippen LogP contribution is -2.24. The van der Waals surface area contributed by atoms with Gasteiger partial charge in [-0.2, -0.15) is 5.10 Å². The summed E-state index contributed by atoms with van der Waals surface area (Å²) in [5, 5.41) is 6.78. The van der Waals surface area contributed by atoms with Crippen LogP contribution >= 0.6 is 0 Å². The molecule has 1 aliphatic heterocycles. The number of aromatic nitrogens is 2. The van der Waals surface area contributed by atoms with Gasteiger partial charge in [-0.3, -0.25) is 24.0 Å². The van der Waals surface area contributed by atoms with Gasteiger partial charge >= 0.3 is 0 Å². The van der Waals surface area contributed by atoms with Crippen molar-refractivity contribution in [2.24, 2.45) is 7.05 Å². The molecular formula is C15H14N4O3. The van der Waals surface area contributed by atoms with Crippen LogP contribution in [-0.4, -0.2) is 39.4 Å². The number of imide groups is 1. The van der Waals surface area contributed by atoms with E-state index in [1.165, 1.54) is 13.1 Å². The highest BCUT2D eigenvalue weighted by molar-refractivity contribution is 6.21. The van der Waals surface area contributed by atoms with Crippen molar-refractivity contribution in [2.75, 3.05) is 12.4 Å². The highest BCUT2D eigenvalue weighted by Gasteiger charge is 2.32. The van der Waals surface area contributed by atoms with E-state index in [1.807, 2.05) is 6.92 Å². The minimum atomic E-state index is -0.371. The predicted molar refractivity (Wildman–Crippen MR) is 78.8 cm³/mol. The van der Waals surface area contributed by atoms with Crippen molar-refractivity contribution in [2.45, 2.75) is 6.92 Å². The molecule has 7 nitrogen and oxygen atoms in total. The Kier molecular flexibility index (Phi) is 3.05. The van der Waals surface area contributed by atoms with Gasteiger partial charge in [0.1, 0.15) is 0 Å². The third-order valence-corrected chi connectivity index (χ3v) is 3.69. The Hall–Kier alpha value is -2.96. The fraction of sp³-hybridized carbons (Fsp3) is 0.200. The van der Waals surface area contributed by atoms with Crippen molar-refractivity contribution in [1.82, 2.24) is 14.7 Å². The Bertz CT molecular complexity index is 803. The molecule has 22 heavy (non-hydrogen) atoms. The number of carbonyl (C=O) groups is 3. The maximum Gasteiger partial charge on any atom is 0.276 e. The second-order valence-corrected chi connectivity index (χ2v) is 5.18. The van der Waals surface area contributed by atoms with Gasteiger partial charge in [-0.05, 0) is 31.2 Å². The Balaban J connectivity index is 1.87. The molecule has 0 saturated heterocycles. The summed E-state index contributed by atoms with van der Waals surface area (Å²) in [5.74, 6) is -1.07. The fourth-order valence-corrected chi connectivity index (χ4v) is 2.31. The molecule has 0 radical (unpaired) electrons. The zero-order valence-electron chi connectivity index (χ0n) is 12.4. The molecule has 0 spiro atoms. The van der Waals surface area contributed by atoms with E-state index >= 15 is 0 Å². The van der Waals surface area contributed by atoms with Gasteiger partial charge in [-0.25, -0.2) is 0 Å². The van der Waals surface area contributed by atoms with Crippen molar-refractivity contribution in [3.63, 3.8) is 0 Å². The number of nitrogens with one attached hydrogen (secondary N) is 1. The van der Waals surface area contributed by atoms with Gasteiger partial charge in [0.25, 0.3) is 17.7 Å². The first-order valence-electron chi connectivity index (χ1n) is 6.67. The highest BCUT2D eigenvalue weighted by Crippen LogP contribution is 2.25. The van der Waals surface area contributed by atoms with E-state index in [0.717, 1.165) is 10.6 Å². The lowest BCUT2D eigenvalue weighted by molar-refractivity contribution is 0.0692. The van der Waals surface area contributed by atoms with E-state index in [9.17, 15) is 14.4 Å². The minimum Gasteiger partial charge on any atom is -0.321 e. The molecule has 1 aliphatic rings. The average molecular weight is 298 g/mol. The Labute approximate surface area is 126 Å². The summed E-state index contributed by atoms with van der Waals surface area (Å²) < 4.78 is 1.61. The van der Waals surface area contributed by atoms with Crippen molar-refractivity contribution in [3.05, 3.63) is 46.8 Å². The van der Waals surface area contributed by atoms with Gasteiger partial charge in [0.05, 0.1) is 11.1 Å². The summed E-state index contributed by atoms with van der Waals surface area (Å²) >= 11 is 0. The van der Waals surface area contributed by atoms with Crippen LogP contribution < -0.4 is 5.32 Å². The van der Waals surface area contributed by atoms with Crippen LogP contribution in [0, 0.1) is 6.92 Å². The first-order valence-corrected chi connectivity index (χ1v) is 6.67. The highest BCUT2D eigenvalue weighted by atomic mass is 16.2. The maximum atomic E-state index is 12.1. The van der Waals surface area contributed by atoms with Gasteiger partial charge in [0.2, 0.25) is 0 Å². The lowest BCUT2D eigenvalue weighted by atomic mass is 10.1. The molecule has 1 aromatic heterocycles. The number of aryl methyl sites for hydroxylation is 2. The SMILES string of the molecule is Cc1cc(C(=O)Nc2ccc3c(c2)C(=O)N(C)C3=O)nn1C. The van der Waals surface area contributed by atoms with E-state index in [4.69, 9.17) is 0 Å². The normalized spacial score (nSPS) is 13.5. The topological polar surface area (TPSA) is 84.3 Å². The molecule has 0 atom stereocenters. The standard InChI is InChI=1S/C15H14N4O3/c1-8-6-12(17-19(8)3)13(20)16-9-4-5-10-11(7-9)15(22)18(2)14(10)21/h4-7H,1-3H3,(H,16,20). The molecule has 0 fully saturated rings. The van der Waals surface area contributed by atoms with Crippen molar-refractivity contribution in [1.29, 1.82) is 0 Å². The molecule has 0 bridgehead atoms. The summed E-state index contributed by atoms with van der Waals surface area (Å²) in [6.07, 6.45) is 0. The second-order valence-electron chi connectivity index (χ2n) is 5.18. The van der Waals surface area contributed by atoms with Crippen LogP contribution in [0.25, 0.3) is 0 Å². The molecule has 2 aromatic rings. The third-order valence-electron chi connectivity index (χ3n) is 3.69. The molecular weight excluding hydrogens is 284 g/mol. The summed E-state index contributed by atoms with van der Waals surface area (Å²) in [6, 6.07) is 6.31. The van der Waals surface area contributed by atoms with Crippen molar-refractivity contribution in [3.8, 4) is 0 Å². The second kappa shape index (κ2) is 4.80. The molecule has 7 heteroatoms. The Morgan fingerprint density at radius 2 is 1.77 bits per heavy atom. The molecule has 3 rings (SSSR count). The lowest BCUT2D eigenvalue weighted by Gasteiger charge is -2.04.